The normalized spacial score (nSPS) is 11.4. The lowest BCUT2D eigenvalue weighted by atomic mass is 10.0. The van der Waals surface area contributed by atoms with Gasteiger partial charge >= 0.3 is 0 Å². The minimum atomic E-state index is -0.559. The summed E-state index contributed by atoms with van der Waals surface area (Å²) in [6, 6.07) is 1.35. The van der Waals surface area contributed by atoms with Gasteiger partial charge in [-0.3, -0.25) is 9.59 Å². The summed E-state index contributed by atoms with van der Waals surface area (Å²) in [6.45, 7) is 6.74. The number of carbonyl (C=O) groups excluding carboxylic acids is 1. The van der Waals surface area contributed by atoms with Crippen molar-refractivity contribution in [2.24, 2.45) is 7.05 Å². The first kappa shape index (κ1) is 22.1. The predicted molar refractivity (Wildman–Crippen MR) is 112 cm³/mol. The quantitative estimate of drug-likeness (QED) is 0.633. The van der Waals surface area contributed by atoms with Crippen molar-refractivity contribution in [3.8, 4) is 11.5 Å². The molecule has 0 spiro atoms. The highest BCUT2D eigenvalue weighted by Crippen LogP contribution is 2.38. The average molecular weight is 409 g/mol. The molecule has 2 rings (SSSR count). The van der Waals surface area contributed by atoms with Crippen LogP contribution in [-0.2, 0) is 7.05 Å². The van der Waals surface area contributed by atoms with Gasteiger partial charge in [-0.05, 0) is 19.3 Å². The predicted octanol–water partition coefficient (Wildman–Crippen LogP) is 4.42. The second-order valence-corrected chi connectivity index (χ2v) is 7.54. The van der Waals surface area contributed by atoms with Gasteiger partial charge in [0.05, 0.1) is 15.9 Å². The first-order valence-corrected chi connectivity index (χ1v) is 10.2. The van der Waals surface area contributed by atoms with E-state index in [0.29, 0.717) is 12.1 Å². The van der Waals surface area contributed by atoms with Crippen LogP contribution in [0.25, 0.3) is 10.9 Å². The molecule has 0 bridgehead atoms. The molecule has 1 aromatic carbocycles. The van der Waals surface area contributed by atoms with E-state index >= 15 is 0 Å². The van der Waals surface area contributed by atoms with E-state index in [2.05, 4.69) is 13.8 Å². The number of nitrogens with zero attached hydrogens (tertiary/aromatic N) is 2. The molecule has 1 aromatic heterocycles. The lowest BCUT2D eigenvalue weighted by Crippen LogP contribution is -2.42. The Morgan fingerprint density at radius 3 is 2.32 bits per heavy atom. The summed E-state index contributed by atoms with van der Waals surface area (Å²) in [5, 5.41) is 19.5. The number of carbonyl (C=O) groups is 1. The Morgan fingerprint density at radius 1 is 1.18 bits per heavy atom. The van der Waals surface area contributed by atoms with Gasteiger partial charge in [-0.1, -0.05) is 45.2 Å². The summed E-state index contributed by atoms with van der Waals surface area (Å²) in [4.78, 5) is 28.3. The number of aromatic nitrogens is 1. The Bertz CT molecular complexity index is 917. The van der Waals surface area contributed by atoms with Crippen LogP contribution in [-0.4, -0.2) is 38.2 Å². The summed E-state index contributed by atoms with van der Waals surface area (Å²) < 4.78 is 1.58. The molecular formula is C21H29ClN2O4. The fourth-order valence-electron chi connectivity index (χ4n) is 3.68. The topological polar surface area (TPSA) is 82.8 Å². The lowest BCUT2D eigenvalue weighted by molar-refractivity contribution is 0.0654. The summed E-state index contributed by atoms with van der Waals surface area (Å²) in [5.41, 5.74) is -0.165. The molecule has 0 unspecified atom stereocenters. The van der Waals surface area contributed by atoms with Crippen molar-refractivity contribution < 1.29 is 15.0 Å². The molecule has 6 nitrogen and oxygen atoms in total. The molecule has 1 amide bonds. The minimum Gasteiger partial charge on any atom is -0.504 e. The number of hydrogen-bond acceptors (Lipinski definition) is 4. The van der Waals surface area contributed by atoms with E-state index in [9.17, 15) is 19.8 Å². The molecule has 0 aliphatic rings. The third-order valence-corrected chi connectivity index (χ3v) is 5.38. The van der Waals surface area contributed by atoms with E-state index < -0.39 is 16.9 Å². The fourth-order valence-corrected chi connectivity index (χ4v) is 3.96. The van der Waals surface area contributed by atoms with Crippen LogP contribution in [0.15, 0.2) is 17.1 Å². The van der Waals surface area contributed by atoms with Crippen molar-refractivity contribution in [3.63, 3.8) is 0 Å². The average Bonchev–Trinajstić information content (AvgIpc) is 2.66. The molecule has 28 heavy (non-hydrogen) atoms. The minimum absolute atomic E-state index is 0.0210. The van der Waals surface area contributed by atoms with Crippen LogP contribution in [0.1, 0.15) is 63.2 Å². The monoisotopic (exact) mass is 408 g/mol. The maximum atomic E-state index is 13.4. The second-order valence-electron chi connectivity index (χ2n) is 7.16. The molecule has 2 aromatic rings. The molecule has 0 saturated heterocycles. The Balaban J connectivity index is 2.66. The van der Waals surface area contributed by atoms with Crippen LogP contribution < -0.4 is 5.43 Å². The number of pyridine rings is 1. The van der Waals surface area contributed by atoms with Gasteiger partial charge in [0.1, 0.15) is 5.56 Å². The first-order valence-electron chi connectivity index (χ1n) is 9.83. The number of aromatic hydroxyl groups is 2. The third-order valence-electron chi connectivity index (χ3n) is 5.01. The second kappa shape index (κ2) is 9.32. The van der Waals surface area contributed by atoms with Gasteiger partial charge in [-0.25, -0.2) is 0 Å². The van der Waals surface area contributed by atoms with E-state index in [0.717, 1.165) is 32.1 Å². The molecule has 0 aliphatic carbocycles. The Hall–Kier alpha value is -2.21. The number of halogens is 1. The van der Waals surface area contributed by atoms with Crippen molar-refractivity contribution in [1.29, 1.82) is 0 Å². The van der Waals surface area contributed by atoms with Crippen LogP contribution >= 0.6 is 11.6 Å². The van der Waals surface area contributed by atoms with Crippen LogP contribution in [0, 0.1) is 0 Å². The molecule has 0 saturated carbocycles. The molecule has 1 heterocycles. The molecule has 7 heteroatoms. The lowest BCUT2D eigenvalue weighted by Gasteiger charge is -2.31. The first-order chi connectivity index (χ1) is 13.3. The van der Waals surface area contributed by atoms with E-state index in [-0.39, 0.29) is 27.9 Å². The molecule has 0 aliphatic heterocycles. The molecule has 0 atom stereocenters. The standard InChI is InChI=1S/C21H29ClN2O4/c1-5-8-13(9-6-2)24(10-7-3)21(28)14-12-23(4)15-11-16(25)20(27)18(22)17(15)19(14)26/h11-13,25,27H,5-10H2,1-4H3. The zero-order valence-corrected chi connectivity index (χ0v) is 17.7. The Morgan fingerprint density at radius 2 is 1.79 bits per heavy atom. The molecule has 0 radical (unpaired) electrons. The number of phenols is 2. The van der Waals surface area contributed by atoms with Gasteiger partial charge in [0.2, 0.25) is 5.43 Å². The molecule has 154 valence electrons. The van der Waals surface area contributed by atoms with Crippen molar-refractivity contribution >= 4 is 28.4 Å². The van der Waals surface area contributed by atoms with Crippen molar-refractivity contribution in [1.82, 2.24) is 9.47 Å². The van der Waals surface area contributed by atoms with E-state index in [4.69, 9.17) is 11.6 Å². The van der Waals surface area contributed by atoms with Crippen LogP contribution in [0.3, 0.4) is 0 Å². The summed E-state index contributed by atoms with van der Waals surface area (Å²) >= 11 is 6.14. The highest BCUT2D eigenvalue weighted by atomic mass is 35.5. The summed E-state index contributed by atoms with van der Waals surface area (Å²) in [7, 11) is 1.67. The van der Waals surface area contributed by atoms with Crippen molar-refractivity contribution in [2.45, 2.75) is 58.9 Å². The van der Waals surface area contributed by atoms with Gasteiger partial charge in [-0.15, -0.1) is 0 Å². The van der Waals surface area contributed by atoms with Crippen molar-refractivity contribution in [3.05, 3.63) is 33.1 Å². The van der Waals surface area contributed by atoms with Crippen molar-refractivity contribution in [2.75, 3.05) is 6.54 Å². The van der Waals surface area contributed by atoms with Gasteiger partial charge < -0.3 is 19.7 Å². The molecule has 0 fully saturated rings. The number of aryl methyl sites for hydroxylation is 1. The summed E-state index contributed by atoms with van der Waals surface area (Å²) in [5.74, 6) is -1.29. The highest BCUT2D eigenvalue weighted by Gasteiger charge is 2.27. The van der Waals surface area contributed by atoms with Gasteiger partial charge in [0.15, 0.2) is 11.5 Å². The Labute approximate surface area is 170 Å². The van der Waals surface area contributed by atoms with Gasteiger partial charge in [0.25, 0.3) is 5.91 Å². The maximum absolute atomic E-state index is 13.4. The zero-order chi connectivity index (χ0) is 21.0. The largest absolute Gasteiger partial charge is 0.504 e. The van der Waals surface area contributed by atoms with E-state index in [1.54, 1.807) is 16.5 Å². The van der Waals surface area contributed by atoms with Gasteiger partial charge in [0, 0.05) is 31.9 Å². The Kier molecular flexibility index (Phi) is 7.35. The summed E-state index contributed by atoms with van der Waals surface area (Å²) in [6.07, 6.45) is 5.93. The number of benzene rings is 1. The maximum Gasteiger partial charge on any atom is 0.259 e. The van der Waals surface area contributed by atoms with Crippen LogP contribution in [0.2, 0.25) is 5.02 Å². The number of rotatable bonds is 8. The number of amides is 1. The van der Waals surface area contributed by atoms with E-state index in [1.807, 2.05) is 6.92 Å². The highest BCUT2D eigenvalue weighted by molar-refractivity contribution is 6.37. The van der Waals surface area contributed by atoms with Gasteiger partial charge in [-0.2, -0.15) is 0 Å². The number of hydrogen-bond donors (Lipinski definition) is 2. The van der Waals surface area contributed by atoms with Crippen LogP contribution in [0.4, 0.5) is 0 Å². The molecular weight excluding hydrogens is 380 g/mol. The van der Waals surface area contributed by atoms with Crippen LogP contribution in [0.5, 0.6) is 11.5 Å². The number of fused-ring (bicyclic) bond motifs is 1. The number of phenolic OH excluding ortho intramolecular Hbond substituents is 2. The molecule has 2 N–H and O–H groups in total. The fraction of sp³-hybridized carbons (Fsp3) is 0.524. The zero-order valence-electron chi connectivity index (χ0n) is 17.0. The third kappa shape index (κ3) is 4.12. The SMILES string of the molecule is CCCC(CCC)N(CCC)C(=O)c1cn(C)c2cc(O)c(O)c(Cl)c2c1=O. The smallest absolute Gasteiger partial charge is 0.259 e. The van der Waals surface area contributed by atoms with E-state index in [1.165, 1.54) is 12.3 Å².